The van der Waals surface area contributed by atoms with Gasteiger partial charge in [-0.2, -0.15) is 0 Å². The van der Waals surface area contributed by atoms with Crippen molar-refractivity contribution in [3.8, 4) is 0 Å². The van der Waals surface area contributed by atoms with Gasteiger partial charge in [0.1, 0.15) is 6.04 Å². The quantitative estimate of drug-likeness (QED) is 0.642. The van der Waals surface area contributed by atoms with Crippen molar-refractivity contribution in [2.75, 3.05) is 7.11 Å². The largest absolute Gasteiger partial charge is 0.467 e. The van der Waals surface area contributed by atoms with Crippen LogP contribution in [0.5, 0.6) is 0 Å². The first-order chi connectivity index (χ1) is 6.91. The molecule has 1 unspecified atom stereocenters. The van der Waals surface area contributed by atoms with Crippen LogP contribution in [0.3, 0.4) is 0 Å². The summed E-state index contributed by atoms with van der Waals surface area (Å²) in [5.41, 5.74) is 4.97. The average molecular weight is 216 g/mol. The van der Waals surface area contributed by atoms with Crippen molar-refractivity contribution in [1.29, 1.82) is 0 Å². The van der Waals surface area contributed by atoms with E-state index in [2.05, 4.69) is 10.1 Å². The van der Waals surface area contributed by atoms with Gasteiger partial charge < -0.3 is 15.8 Å². The molecule has 0 spiro atoms. The monoisotopic (exact) mass is 216 g/mol. The highest BCUT2D eigenvalue weighted by molar-refractivity contribution is 5.90. The Morgan fingerprint density at radius 3 is 2.20 bits per heavy atom. The molecule has 0 saturated carbocycles. The van der Waals surface area contributed by atoms with Crippen molar-refractivity contribution in [3.63, 3.8) is 0 Å². The minimum atomic E-state index is -0.901. The molecule has 3 N–H and O–H groups in total. The highest BCUT2D eigenvalue weighted by atomic mass is 16.5. The summed E-state index contributed by atoms with van der Waals surface area (Å²) in [6, 6.07) is -0.663. The summed E-state index contributed by atoms with van der Waals surface area (Å²) in [4.78, 5) is 22.8. The molecule has 5 heteroatoms. The lowest BCUT2D eigenvalue weighted by molar-refractivity contribution is -0.145. The Labute approximate surface area is 90.4 Å². The van der Waals surface area contributed by atoms with Gasteiger partial charge in [0.15, 0.2) is 0 Å². The van der Waals surface area contributed by atoms with Crippen LogP contribution in [0.25, 0.3) is 0 Å². The molecule has 0 aliphatic carbocycles. The molecule has 88 valence electrons. The molecule has 0 rings (SSSR count). The van der Waals surface area contributed by atoms with Gasteiger partial charge in [-0.1, -0.05) is 13.8 Å². The third kappa shape index (κ3) is 3.51. The maximum atomic E-state index is 11.7. The van der Waals surface area contributed by atoms with E-state index < -0.39 is 17.6 Å². The lowest BCUT2D eigenvalue weighted by atomic mass is 9.93. The van der Waals surface area contributed by atoms with Gasteiger partial charge >= 0.3 is 5.97 Å². The predicted octanol–water partition coefficient (Wildman–Crippen LogP) is 0.182. The Morgan fingerprint density at radius 1 is 1.40 bits per heavy atom. The van der Waals surface area contributed by atoms with Gasteiger partial charge in [0.25, 0.3) is 0 Å². The highest BCUT2D eigenvalue weighted by Crippen LogP contribution is 2.11. The number of hydrogen-bond donors (Lipinski definition) is 2. The van der Waals surface area contributed by atoms with E-state index in [4.69, 9.17) is 5.73 Å². The molecule has 1 atom stereocenters. The Bertz CT molecular complexity index is 237. The van der Waals surface area contributed by atoms with E-state index in [9.17, 15) is 9.59 Å². The van der Waals surface area contributed by atoms with Crippen LogP contribution in [0.2, 0.25) is 0 Å². The molecule has 0 heterocycles. The normalized spacial score (nSPS) is 13.1. The molecule has 0 aliphatic rings. The van der Waals surface area contributed by atoms with Gasteiger partial charge in [0.2, 0.25) is 5.91 Å². The summed E-state index contributed by atoms with van der Waals surface area (Å²) in [6.45, 7) is 5.24. The first-order valence-electron chi connectivity index (χ1n) is 5.09. The number of carbonyl (C=O) groups is 2. The van der Waals surface area contributed by atoms with Gasteiger partial charge in [-0.05, 0) is 19.8 Å². The van der Waals surface area contributed by atoms with Crippen LogP contribution in [0.15, 0.2) is 0 Å². The summed E-state index contributed by atoms with van der Waals surface area (Å²) in [5.74, 6) is -0.789. The molecule has 0 aromatic rings. The molecule has 0 bridgehead atoms. The summed E-state index contributed by atoms with van der Waals surface area (Å²) in [6.07, 6.45) is 1.06. The lowest BCUT2D eigenvalue weighted by Crippen LogP contribution is -2.56. The van der Waals surface area contributed by atoms with Crippen LogP contribution in [-0.2, 0) is 14.3 Å². The first-order valence-corrected chi connectivity index (χ1v) is 5.09. The number of hydrogen-bond acceptors (Lipinski definition) is 4. The summed E-state index contributed by atoms with van der Waals surface area (Å²) >= 11 is 0. The molecule has 1 amide bonds. The van der Waals surface area contributed by atoms with Crippen molar-refractivity contribution >= 4 is 11.9 Å². The van der Waals surface area contributed by atoms with E-state index in [-0.39, 0.29) is 5.91 Å². The third-order valence-electron chi connectivity index (χ3n) is 2.62. The van der Waals surface area contributed by atoms with Gasteiger partial charge in [-0.25, -0.2) is 4.79 Å². The van der Waals surface area contributed by atoms with Crippen molar-refractivity contribution < 1.29 is 14.3 Å². The van der Waals surface area contributed by atoms with Crippen molar-refractivity contribution in [3.05, 3.63) is 0 Å². The number of amides is 1. The summed E-state index contributed by atoms with van der Waals surface area (Å²) in [7, 11) is 1.28. The van der Waals surface area contributed by atoms with E-state index in [0.717, 1.165) is 0 Å². The molecule has 0 aromatic heterocycles. The van der Waals surface area contributed by atoms with Crippen LogP contribution >= 0.6 is 0 Å². The van der Waals surface area contributed by atoms with E-state index in [0.29, 0.717) is 12.8 Å². The number of methoxy groups -OCH3 is 1. The molecule has 0 aliphatic heterocycles. The maximum absolute atomic E-state index is 11.7. The Kier molecular flexibility index (Phi) is 5.28. The molecule has 0 aromatic carbocycles. The number of nitrogens with one attached hydrogen (secondary N) is 1. The topological polar surface area (TPSA) is 81.4 Å². The van der Waals surface area contributed by atoms with E-state index >= 15 is 0 Å². The van der Waals surface area contributed by atoms with Gasteiger partial charge in [-0.15, -0.1) is 0 Å². The zero-order valence-corrected chi connectivity index (χ0v) is 9.79. The number of carbonyl (C=O) groups excluding carboxylic acids is 2. The fraction of sp³-hybridized carbons (Fsp3) is 0.800. The molecule has 0 saturated heterocycles. The van der Waals surface area contributed by atoms with Gasteiger partial charge in [0.05, 0.1) is 12.6 Å². The Morgan fingerprint density at radius 2 is 1.87 bits per heavy atom. The molecular formula is C10H20N2O3. The second kappa shape index (κ2) is 5.70. The Balaban J connectivity index is 4.42. The van der Waals surface area contributed by atoms with Crippen LogP contribution in [-0.4, -0.2) is 30.6 Å². The van der Waals surface area contributed by atoms with Gasteiger partial charge in [-0.3, -0.25) is 4.79 Å². The van der Waals surface area contributed by atoms with E-state index in [1.54, 1.807) is 6.92 Å². The van der Waals surface area contributed by atoms with Crippen molar-refractivity contribution in [2.24, 2.45) is 5.73 Å². The van der Waals surface area contributed by atoms with Crippen molar-refractivity contribution in [1.82, 2.24) is 5.32 Å². The maximum Gasteiger partial charge on any atom is 0.328 e. The summed E-state index contributed by atoms with van der Waals surface area (Å²) in [5, 5.41) is 2.53. The predicted molar refractivity (Wildman–Crippen MR) is 57.1 cm³/mol. The SMILES string of the molecule is CCC(N)(CC)C(=O)NC(C)C(=O)OC. The number of rotatable bonds is 5. The smallest absolute Gasteiger partial charge is 0.328 e. The highest BCUT2D eigenvalue weighted by Gasteiger charge is 2.31. The number of esters is 1. The summed E-state index contributed by atoms with van der Waals surface area (Å²) < 4.78 is 4.50. The number of ether oxygens (including phenoxy) is 1. The number of nitrogens with two attached hydrogens (primary N) is 1. The second-order valence-corrected chi connectivity index (χ2v) is 3.58. The fourth-order valence-corrected chi connectivity index (χ4v) is 1.15. The minimum absolute atomic E-state index is 0.314. The first kappa shape index (κ1) is 13.9. The molecule has 0 fully saturated rings. The van der Waals surface area contributed by atoms with Crippen LogP contribution in [0.1, 0.15) is 33.6 Å². The van der Waals surface area contributed by atoms with Crippen LogP contribution < -0.4 is 11.1 Å². The zero-order valence-electron chi connectivity index (χ0n) is 9.79. The molecular weight excluding hydrogens is 196 g/mol. The molecule has 5 nitrogen and oxygen atoms in total. The van der Waals surface area contributed by atoms with Crippen molar-refractivity contribution in [2.45, 2.75) is 45.2 Å². The lowest BCUT2D eigenvalue weighted by Gasteiger charge is -2.26. The standard InChI is InChI=1S/C10H20N2O3/c1-5-10(11,6-2)9(14)12-7(3)8(13)15-4/h7H,5-6,11H2,1-4H3,(H,12,14). The molecule has 15 heavy (non-hydrogen) atoms. The zero-order chi connectivity index (χ0) is 12.1. The third-order valence-corrected chi connectivity index (χ3v) is 2.62. The van der Waals surface area contributed by atoms with Crippen LogP contribution in [0.4, 0.5) is 0 Å². The Hall–Kier alpha value is -1.10. The van der Waals surface area contributed by atoms with Crippen LogP contribution in [0, 0.1) is 0 Å². The average Bonchev–Trinajstić information content (AvgIpc) is 2.26. The molecule has 0 radical (unpaired) electrons. The van der Waals surface area contributed by atoms with E-state index in [1.165, 1.54) is 7.11 Å². The van der Waals surface area contributed by atoms with Gasteiger partial charge in [0, 0.05) is 0 Å². The van der Waals surface area contributed by atoms with E-state index in [1.807, 2.05) is 13.8 Å². The fourth-order valence-electron chi connectivity index (χ4n) is 1.15. The minimum Gasteiger partial charge on any atom is -0.467 e. The second-order valence-electron chi connectivity index (χ2n) is 3.58.